The Bertz CT molecular complexity index is 913. The molecule has 0 N–H and O–H groups in total. The second-order valence-corrected chi connectivity index (χ2v) is 17.9. The fourth-order valence-corrected chi connectivity index (χ4v) is 6.02. The van der Waals surface area contributed by atoms with E-state index in [-0.39, 0.29) is 34.8 Å². The fraction of sp³-hybridized carbons (Fsp3) is 0.704. The first-order valence-electron chi connectivity index (χ1n) is 12.9. The Labute approximate surface area is 222 Å². The van der Waals surface area contributed by atoms with E-state index in [1.54, 1.807) is 4.90 Å². The van der Waals surface area contributed by atoms with Crippen LogP contribution in [0.2, 0.25) is 18.1 Å². The molecule has 4 atom stereocenters. The summed E-state index contributed by atoms with van der Waals surface area (Å²) in [7, 11) is -1.95. The van der Waals surface area contributed by atoms with Crippen LogP contribution in [0, 0.1) is 0 Å². The van der Waals surface area contributed by atoms with Crippen molar-refractivity contribution in [2.24, 2.45) is 4.99 Å². The van der Waals surface area contributed by atoms with Crippen molar-refractivity contribution in [3.8, 4) is 0 Å². The van der Waals surface area contributed by atoms with E-state index < -0.39 is 13.9 Å². The number of fused-ring (bicyclic) bond motifs is 1. The molecule has 0 aromatic heterocycles. The number of hydrogen-bond donors (Lipinski definition) is 0. The zero-order valence-electron chi connectivity index (χ0n) is 23.4. The van der Waals surface area contributed by atoms with Crippen LogP contribution in [-0.4, -0.2) is 66.9 Å². The van der Waals surface area contributed by atoms with Crippen molar-refractivity contribution in [2.45, 2.75) is 109 Å². The van der Waals surface area contributed by atoms with Crippen molar-refractivity contribution >= 4 is 31.3 Å². The first kappa shape index (κ1) is 29.2. The van der Waals surface area contributed by atoms with E-state index in [4.69, 9.17) is 23.6 Å². The lowest BCUT2D eigenvalue weighted by Crippen LogP contribution is -2.50. The van der Waals surface area contributed by atoms with E-state index >= 15 is 0 Å². The van der Waals surface area contributed by atoms with E-state index in [1.165, 1.54) is 11.8 Å². The Morgan fingerprint density at radius 3 is 2.42 bits per heavy atom. The maximum Gasteiger partial charge on any atom is 0.416 e. The largest absolute Gasteiger partial charge is 0.443 e. The highest BCUT2D eigenvalue weighted by Gasteiger charge is 2.46. The smallest absolute Gasteiger partial charge is 0.416 e. The molecule has 2 aliphatic heterocycles. The van der Waals surface area contributed by atoms with Gasteiger partial charge in [-0.25, -0.2) is 4.79 Å². The van der Waals surface area contributed by atoms with Gasteiger partial charge in [-0.1, -0.05) is 62.9 Å². The minimum atomic E-state index is -1.95. The van der Waals surface area contributed by atoms with Gasteiger partial charge in [-0.15, -0.1) is 0 Å². The molecule has 1 aromatic rings. The van der Waals surface area contributed by atoms with Gasteiger partial charge in [0.15, 0.2) is 13.5 Å². The Balaban J connectivity index is 1.74. The maximum absolute atomic E-state index is 12.8. The van der Waals surface area contributed by atoms with Crippen molar-refractivity contribution in [2.75, 3.05) is 13.2 Å². The van der Waals surface area contributed by atoms with Crippen LogP contribution in [0.4, 0.5) is 4.79 Å². The van der Waals surface area contributed by atoms with E-state index in [9.17, 15) is 4.79 Å². The first-order valence-corrected chi connectivity index (χ1v) is 16.7. The molecule has 3 rings (SSSR count). The summed E-state index contributed by atoms with van der Waals surface area (Å²) in [6, 6.07) is 10.1. The molecule has 9 heteroatoms. The number of rotatable bonds is 7. The van der Waals surface area contributed by atoms with Crippen molar-refractivity contribution in [1.82, 2.24) is 4.90 Å². The third-order valence-electron chi connectivity index (χ3n) is 6.89. The van der Waals surface area contributed by atoms with Crippen molar-refractivity contribution < 1.29 is 23.4 Å². The highest BCUT2D eigenvalue weighted by atomic mass is 32.2. The summed E-state index contributed by atoms with van der Waals surface area (Å²) >= 11 is 1.49. The van der Waals surface area contributed by atoms with Crippen molar-refractivity contribution in [1.29, 1.82) is 0 Å². The van der Waals surface area contributed by atoms with Gasteiger partial charge in [0.1, 0.15) is 17.1 Å². The summed E-state index contributed by atoms with van der Waals surface area (Å²) < 4.78 is 25.1. The number of thioether (sulfide) groups is 1. The predicted molar refractivity (Wildman–Crippen MR) is 149 cm³/mol. The van der Waals surface area contributed by atoms with Crippen LogP contribution in [0.5, 0.6) is 0 Å². The van der Waals surface area contributed by atoms with Crippen molar-refractivity contribution in [3.05, 3.63) is 35.9 Å². The third-order valence-corrected chi connectivity index (χ3v) is 12.6. The number of hydrogen-bond acceptors (Lipinski definition) is 7. The summed E-state index contributed by atoms with van der Waals surface area (Å²) in [6.45, 7) is 20.2. The van der Waals surface area contributed by atoms with Crippen LogP contribution in [0.25, 0.3) is 0 Å². The number of aliphatic imine (C=N–C) groups is 1. The molecule has 0 aliphatic carbocycles. The molecular weight excluding hydrogens is 492 g/mol. The van der Waals surface area contributed by atoms with E-state index in [2.05, 4.69) is 46.0 Å². The lowest BCUT2D eigenvalue weighted by Gasteiger charge is -2.41. The average molecular weight is 537 g/mol. The third kappa shape index (κ3) is 7.57. The number of benzene rings is 1. The number of amidine groups is 1. The highest BCUT2D eigenvalue weighted by Crippen LogP contribution is 2.40. The predicted octanol–water partition coefficient (Wildman–Crippen LogP) is 6.44. The zero-order valence-corrected chi connectivity index (χ0v) is 25.2. The normalized spacial score (nSPS) is 24.8. The minimum Gasteiger partial charge on any atom is -0.443 e. The standard InChI is InChI=1S/C27H44N2O5SSi/c1-10-29(25(30)34-26(2,3)4)24-28-20-16-21(31-17-19-14-12-11-13-15-19)22(33-23(20)35-24)18-32-36(8,9)27(5,6)7/h11-15,20-23H,10,16-18H2,1-9H3/t20-,21+,22-,23-/m1/s1. The van der Waals surface area contributed by atoms with Gasteiger partial charge in [0.25, 0.3) is 0 Å². The van der Waals surface area contributed by atoms with Crippen LogP contribution in [0.3, 0.4) is 0 Å². The summed E-state index contributed by atoms with van der Waals surface area (Å²) in [5.41, 5.74) is 0.372. The molecule has 0 bridgehead atoms. The summed E-state index contributed by atoms with van der Waals surface area (Å²) in [5.74, 6) is 0. The van der Waals surface area contributed by atoms with Crippen LogP contribution >= 0.6 is 11.8 Å². The van der Waals surface area contributed by atoms with Gasteiger partial charge < -0.3 is 18.6 Å². The van der Waals surface area contributed by atoms with Crippen LogP contribution < -0.4 is 0 Å². The molecule has 202 valence electrons. The second-order valence-electron chi connectivity index (χ2n) is 12.0. The SMILES string of the molecule is CCN(C(=O)OC(C)(C)C)C1=N[C@@H]2C[C@H](OCc3ccccc3)[C@@H](CO[Si](C)(C)C(C)(C)C)O[C@@H]2S1. The topological polar surface area (TPSA) is 69.6 Å². The molecule has 7 nitrogen and oxygen atoms in total. The van der Waals surface area contributed by atoms with Gasteiger partial charge in [-0.3, -0.25) is 9.89 Å². The van der Waals surface area contributed by atoms with Gasteiger partial charge in [0, 0.05) is 13.0 Å². The van der Waals surface area contributed by atoms with E-state index in [0.717, 1.165) is 5.56 Å². The fourth-order valence-electron chi connectivity index (χ4n) is 3.75. The molecule has 36 heavy (non-hydrogen) atoms. The molecule has 0 radical (unpaired) electrons. The van der Waals surface area contributed by atoms with Gasteiger partial charge in [-0.2, -0.15) is 0 Å². The molecule has 1 aromatic carbocycles. The first-order chi connectivity index (χ1) is 16.7. The lowest BCUT2D eigenvalue weighted by atomic mass is 10.0. The van der Waals surface area contributed by atoms with Crippen LogP contribution in [0.1, 0.15) is 60.5 Å². The number of carbonyl (C=O) groups excluding carboxylic acids is 1. The molecule has 1 saturated heterocycles. The molecule has 2 heterocycles. The number of amides is 1. The maximum atomic E-state index is 12.8. The quantitative estimate of drug-likeness (QED) is 0.374. The summed E-state index contributed by atoms with van der Waals surface area (Å²) in [4.78, 5) is 19.3. The number of nitrogens with zero attached hydrogens (tertiary/aromatic N) is 2. The van der Waals surface area contributed by atoms with E-state index in [1.807, 2.05) is 45.9 Å². The molecule has 1 fully saturated rings. The molecular formula is C27H44N2O5SSi. The Morgan fingerprint density at radius 2 is 1.83 bits per heavy atom. The van der Waals surface area contributed by atoms with Gasteiger partial charge in [0.05, 0.1) is 25.4 Å². The highest BCUT2D eigenvalue weighted by molar-refractivity contribution is 8.14. The zero-order chi connectivity index (χ0) is 26.7. The molecule has 1 amide bonds. The monoisotopic (exact) mass is 536 g/mol. The van der Waals surface area contributed by atoms with Crippen LogP contribution in [0.15, 0.2) is 35.3 Å². The second kappa shape index (κ2) is 11.6. The van der Waals surface area contributed by atoms with Gasteiger partial charge >= 0.3 is 6.09 Å². The van der Waals surface area contributed by atoms with E-state index in [0.29, 0.717) is 31.3 Å². The summed E-state index contributed by atoms with van der Waals surface area (Å²) in [5, 5.41) is 0.757. The molecule has 0 unspecified atom stereocenters. The minimum absolute atomic E-state index is 0.0913. The van der Waals surface area contributed by atoms with Crippen LogP contribution in [-0.2, 0) is 25.2 Å². The Morgan fingerprint density at radius 1 is 1.17 bits per heavy atom. The Kier molecular flexibility index (Phi) is 9.36. The average Bonchev–Trinajstić information content (AvgIpc) is 3.17. The number of carbonyl (C=O) groups is 1. The summed E-state index contributed by atoms with van der Waals surface area (Å²) in [6.07, 6.45) is -0.0327. The van der Waals surface area contributed by atoms with Crippen molar-refractivity contribution in [3.63, 3.8) is 0 Å². The van der Waals surface area contributed by atoms with Gasteiger partial charge in [-0.05, 0) is 51.4 Å². The van der Waals surface area contributed by atoms with Gasteiger partial charge in [0.2, 0.25) is 0 Å². The molecule has 0 saturated carbocycles. The number of ether oxygens (including phenoxy) is 3. The molecule has 0 spiro atoms. The Hall–Kier alpha value is -1.39. The lowest BCUT2D eigenvalue weighted by molar-refractivity contribution is -0.138. The molecule has 2 aliphatic rings.